The third kappa shape index (κ3) is 3.77. The predicted molar refractivity (Wildman–Crippen MR) is 114 cm³/mol. The van der Waals surface area contributed by atoms with Crippen LogP contribution in [0, 0.1) is 0 Å². The molecule has 0 radical (unpaired) electrons. The van der Waals surface area contributed by atoms with Crippen molar-refractivity contribution in [1.82, 2.24) is 4.31 Å². The van der Waals surface area contributed by atoms with Gasteiger partial charge in [-0.2, -0.15) is 4.31 Å². The number of benzene rings is 2. The Bertz CT molecular complexity index is 1130. The van der Waals surface area contributed by atoms with E-state index in [9.17, 15) is 13.2 Å². The summed E-state index contributed by atoms with van der Waals surface area (Å²) in [6.45, 7) is 0.754. The lowest BCUT2D eigenvalue weighted by Crippen LogP contribution is -2.35. The molecule has 1 N–H and O–H groups in total. The van der Waals surface area contributed by atoms with E-state index in [1.165, 1.54) is 15.6 Å². The molecule has 0 bridgehead atoms. The quantitative estimate of drug-likeness (QED) is 0.602. The second kappa shape index (κ2) is 7.79. The van der Waals surface area contributed by atoms with E-state index in [0.29, 0.717) is 35.0 Å². The minimum Gasteiger partial charge on any atom is -0.322 e. The molecule has 3 aromatic rings. The first kappa shape index (κ1) is 19.3. The first-order valence-electron chi connectivity index (χ1n) is 8.66. The summed E-state index contributed by atoms with van der Waals surface area (Å²) in [5.74, 6) is -0.216. The molecule has 0 unspecified atom stereocenters. The van der Waals surface area contributed by atoms with Crippen LogP contribution in [0.15, 0.2) is 68.7 Å². The average molecular weight is 477 g/mol. The van der Waals surface area contributed by atoms with Gasteiger partial charge in [0, 0.05) is 23.2 Å². The highest BCUT2D eigenvalue weighted by atomic mass is 79.9. The fourth-order valence-electron chi connectivity index (χ4n) is 3.20. The number of amides is 1. The third-order valence-electron chi connectivity index (χ3n) is 4.65. The van der Waals surface area contributed by atoms with Crippen molar-refractivity contribution in [2.75, 3.05) is 11.9 Å². The van der Waals surface area contributed by atoms with Crippen LogP contribution < -0.4 is 5.32 Å². The number of nitrogens with zero attached hydrogens (tertiary/aromatic N) is 1. The Labute approximate surface area is 176 Å². The van der Waals surface area contributed by atoms with Crippen molar-refractivity contribution in [3.8, 4) is 0 Å². The van der Waals surface area contributed by atoms with Gasteiger partial charge in [0.1, 0.15) is 4.21 Å². The summed E-state index contributed by atoms with van der Waals surface area (Å²) in [5, 5.41) is 4.66. The zero-order chi connectivity index (χ0) is 19.7. The molecule has 2 aromatic carbocycles. The first-order valence-corrected chi connectivity index (χ1v) is 11.8. The average Bonchev–Trinajstić information content (AvgIpc) is 3.23. The Kier molecular flexibility index (Phi) is 5.37. The molecule has 0 saturated heterocycles. The van der Waals surface area contributed by atoms with Crippen molar-refractivity contribution in [2.45, 2.75) is 17.2 Å². The van der Waals surface area contributed by atoms with Crippen LogP contribution in [0.3, 0.4) is 0 Å². The number of anilines is 1. The van der Waals surface area contributed by atoms with Gasteiger partial charge in [-0.05, 0) is 69.2 Å². The lowest BCUT2D eigenvalue weighted by atomic mass is 10.0. The summed E-state index contributed by atoms with van der Waals surface area (Å²) in [7, 11) is -3.49. The van der Waals surface area contributed by atoms with Crippen molar-refractivity contribution >= 4 is 48.9 Å². The standard InChI is InChI=1S/C20H17BrN2O3S2/c21-18-5-2-1-4-17(18)20(24)22-16-8-7-14-9-10-23(13-15(14)12-16)28(25,26)19-6-3-11-27-19/h1-8,11-12H,9-10,13H2,(H,22,24). The van der Waals surface area contributed by atoms with Crippen LogP contribution in [0.2, 0.25) is 0 Å². The molecule has 0 spiro atoms. The Hall–Kier alpha value is -2.00. The number of carbonyl (C=O) groups excluding carboxylic acids is 1. The Morgan fingerprint density at radius 2 is 1.89 bits per heavy atom. The molecule has 8 heteroatoms. The van der Waals surface area contributed by atoms with E-state index in [0.717, 1.165) is 15.6 Å². The van der Waals surface area contributed by atoms with Gasteiger partial charge in [0.05, 0.1) is 5.56 Å². The lowest BCUT2D eigenvalue weighted by molar-refractivity contribution is 0.102. The van der Waals surface area contributed by atoms with E-state index in [4.69, 9.17) is 0 Å². The summed E-state index contributed by atoms with van der Waals surface area (Å²) >= 11 is 4.61. The topological polar surface area (TPSA) is 66.5 Å². The van der Waals surface area contributed by atoms with E-state index in [-0.39, 0.29) is 5.91 Å². The molecule has 5 nitrogen and oxygen atoms in total. The maximum absolute atomic E-state index is 12.8. The Morgan fingerprint density at radius 1 is 1.07 bits per heavy atom. The number of rotatable bonds is 4. The fraction of sp³-hybridized carbons (Fsp3) is 0.150. The van der Waals surface area contributed by atoms with Crippen molar-refractivity contribution in [3.05, 3.63) is 81.1 Å². The number of hydrogen-bond donors (Lipinski definition) is 1. The summed E-state index contributed by atoms with van der Waals surface area (Å²) in [5.41, 5.74) is 3.21. The highest BCUT2D eigenvalue weighted by molar-refractivity contribution is 9.10. The molecule has 28 heavy (non-hydrogen) atoms. The van der Waals surface area contributed by atoms with Crippen molar-refractivity contribution < 1.29 is 13.2 Å². The fourth-order valence-corrected chi connectivity index (χ4v) is 6.22. The number of halogens is 1. The normalized spacial score (nSPS) is 14.5. The molecule has 2 heterocycles. The van der Waals surface area contributed by atoms with Crippen LogP contribution in [0.4, 0.5) is 5.69 Å². The zero-order valence-electron chi connectivity index (χ0n) is 14.8. The van der Waals surface area contributed by atoms with Gasteiger partial charge in [-0.1, -0.05) is 24.3 Å². The van der Waals surface area contributed by atoms with Crippen LogP contribution in [-0.4, -0.2) is 25.2 Å². The second-order valence-electron chi connectivity index (χ2n) is 6.44. The molecule has 0 atom stereocenters. The molecule has 1 amide bonds. The van der Waals surface area contributed by atoms with Gasteiger partial charge in [-0.15, -0.1) is 11.3 Å². The maximum atomic E-state index is 12.8. The molecular weight excluding hydrogens is 460 g/mol. The van der Waals surface area contributed by atoms with E-state index in [2.05, 4.69) is 21.2 Å². The highest BCUT2D eigenvalue weighted by Gasteiger charge is 2.29. The summed E-state index contributed by atoms with van der Waals surface area (Å²) < 4.78 is 28.2. The highest BCUT2D eigenvalue weighted by Crippen LogP contribution is 2.29. The van der Waals surface area contributed by atoms with Crippen molar-refractivity contribution in [3.63, 3.8) is 0 Å². The van der Waals surface area contributed by atoms with Gasteiger partial charge in [0.2, 0.25) is 0 Å². The molecule has 0 aliphatic carbocycles. The van der Waals surface area contributed by atoms with Gasteiger partial charge in [0.15, 0.2) is 0 Å². The van der Waals surface area contributed by atoms with Gasteiger partial charge in [-0.3, -0.25) is 4.79 Å². The van der Waals surface area contributed by atoms with E-state index >= 15 is 0 Å². The SMILES string of the molecule is O=C(Nc1ccc2c(c1)CN(S(=O)(=O)c1cccs1)CC2)c1ccccc1Br. The lowest BCUT2D eigenvalue weighted by Gasteiger charge is -2.28. The van der Waals surface area contributed by atoms with Crippen LogP contribution in [-0.2, 0) is 23.0 Å². The van der Waals surface area contributed by atoms with Crippen molar-refractivity contribution in [1.29, 1.82) is 0 Å². The number of hydrogen-bond acceptors (Lipinski definition) is 4. The molecule has 144 valence electrons. The monoisotopic (exact) mass is 476 g/mol. The molecule has 0 saturated carbocycles. The number of carbonyl (C=O) groups is 1. The van der Waals surface area contributed by atoms with Crippen LogP contribution in [0.5, 0.6) is 0 Å². The predicted octanol–water partition coefficient (Wildman–Crippen LogP) is 4.51. The number of nitrogens with one attached hydrogen (secondary N) is 1. The van der Waals surface area contributed by atoms with Crippen LogP contribution in [0.1, 0.15) is 21.5 Å². The minimum atomic E-state index is -3.49. The zero-order valence-corrected chi connectivity index (χ0v) is 18.0. The second-order valence-corrected chi connectivity index (χ2v) is 10.4. The number of thiophene rings is 1. The van der Waals surface area contributed by atoms with E-state index in [1.807, 2.05) is 30.3 Å². The summed E-state index contributed by atoms with van der Waals surface area (Å²) in [6, 6.07) is 16.3. The van der Waals surface area contributed by atoms with Crippen LogP contribution in [0.25, 0.3) is 0 Å². The van der Waals surface area contributed by atoms with Gasteiger partial charge < -0.3 is 5.32 Å². The van der Waals surface area contributed by atoms with E-state index in [1.54, 1.807) is 29.6 Å². The van der Waals surface area contributed by atoms with Gasteiger partial charge >= 0.3 is 0 Å². The summed E-state index contributed by atoms with van der Waals surface area (Å²) in [6.07, 6.45) is 0.651. The molecular formula is C20H17BrN2O3S2. The third-order valence-corrected chi connectivity index (χ3v) is 8.56. The summed E-state index contributed by atoms with van der Waals surface area (Å²) in [4.78, 5) is 12.5. The molecule has 1 aliphatic heterocycles. The Balaban J connectivity index is 1.56. The van der Waals surface area contributed by atoms with Crippen molar-refractivity contribution in [2.24, 2.45) is 0 Å². The van der Waals surface area contributed by atoms with E-state index < -0.39 is 10.0 Å². The smallest absolute Gasteiger partial charge is 0.256 e. The van der Waals surface area contributed by atoms with Gasteiger partial charge in [0.25, 0.3) is 15.9 Å². The molecule has 1 aromatic heterocycles. The maximum Gasteiger partial charge on any atom is 0.256 e. The number of sulfonamides is 1. The largest absolute Gasteiger partial charge is 0.322 e. The minimum absolute atomic E-state index is 0.216. The first-order chi connectivity index (χ1) is 13.4. The van der Waals surface area contributed by atoms with Crippen LogP contribution >= 0.6 is 27.3 Å². The Morgan fingerprint density at radius 3 is 2.64 bits per heavy atom. The molecule has 0 fully saturated rings. The number of fused-ring (bicyclic) bond motifs is 1. The van der Waals surface area contributed by atoms with Gasteiger partial charge in [-0.25, -0.2) is 8.42 Å². The molecule has 4 rings (SSSR count). The molecule has 1 aliphatic rings.